The summed E-state index contributed by atoms with van der Waals surface area (Å²) in [7, 11) is 0. The third-order valence-electron chi connectivity index (χ3n) is 2.42. The van der Waals surface area contributed by atoms with Gasteiger partial charge in [-0.05, 0) is 38.1 Å². The monoisotopic (exact) mass is 137 g/mol. The standard InChI is InChI=1S/C9H15N/c1-2-3-4-8-5-6-9(8)7-10/h8-9H,4-7,10H2,1H3. The lowest BCUT2D eigenvalue weighted by Gasteiger charge is -2.34. The summed E-state index contributed by atoms with van der Waals surface area (Å²) < 4.78 is 0. The second-order valence-electron chi connectivity index (χ2n) is 2.96. The van der Waals surface area contributed by atoms with Gasteiger partial charge in [-0.3, -0.25) is 0 Å². The molecule has 2 N–H and O–H groups in total. The lowest BCUT2D eigenvalue weighted by Crippen LogP contribution is -2.31. The Morgan fingerprint density at radius 2 is 2.10 bits per heavy atom. The van der Waals surface area contributed by atoms with Crippen molar-refractivity contribution in [2.45, 2.75) is 26.2 Å². The molecule has 0 aromatic heterocycles. The summed E-state index contributed by atoms with van der Waals surface area (Å²) >= 11 is 0. The van der Waals surface area contributed by atoms with Crippen molar-refractivity contribution in [3.05, 3.63) is 0 Å². The summed E-state index contributed by atoms with van der Waals surface area (Å²) in [4.78, 5) is 0. The average Bonchev–Trinajstić information content (AvgIpc) is 1.88. The van der Waals surface area contributed by atoms with E-state index in [-0.39, 0.29) is 0 Å². The van der Waals surface area contributed by atoms with Crippen LogP contribution in [0.15, 0.2) is 0 Å². The number of nitrogens with two attached hydrogens (primary N) is 1. The van der Waals surface area contributed by atoms with Crippen LogP contribution in [0.25, 0.3) is 0 Å². The molecule has 1 heteroatoms. The lowest BCUT2D eigenvalue weighted by molar-refractivity contribution is 0.189. The van der Waals surface area contributed by atoms with Crippen LogP contribution in [0.3, 0.4) is 0 Å². The maximum atomic E-state index is 5.55. The summed E-state index contributed by atoms with van der Waals surface area (Å²) in [6.45, 7) is 2.76. The SMILES string of the molecule is CC#CCC1CCC1CN. The van der Waals surface area contributed by atoms with Crippen LogP contribution in [0.2, 0.25) is 0 Å². The van der Waals surface area contributed by atoms with Crippen LogP contribution >= 0.6 is 0 Å². The van der Waals surface area contributed by atoms with Crippen LogP contribution in [0.4, 0.5) is 0 Å². The lowest BCUT2D eigenvalue weighted by atomic mass is 9.72. The molecule has 1 rings (SSSR count). The maximum absolute atomic E-state index is 5.55. The van der Waals surface area contributed by atoms with E-state index in [0.29, 0.717) is 0 Å². The Balaban J connectivity index is 2.20. The highest BCUT2D eigenvalue weighted by Crippen LogP contribution is 2.35. The van der Waals surface area contributed by atoms with Gasteiger partial charge in [-0.2, -0.15) is 0 Å². The Kier molecular flexibility index (Phi) is 2.77. The molecule has 0 spiro atoms. The second kappa shape index (κ2) is 3.63. The molecule has 1 fully saturated rings. The van der Waals surface area contributed by atoms with Crippen molar-refractivity contribution in [3.8, 4) is 11.8 Å². The fourth-order valence-electron chi connectivity index (χ4n) is 1.45. The normalized spacial score (nSPS) is 30.2. The molecule has 0 aromatic rings. The molecule has 0 aliphatic heterocycles. The van der Waals surface area contributed by atoms with Crippen molar-refractivity contribution < 1.29 is 0 Å². The number of rotatable bonds is 2. The molecule has 10 heavy (non-hydrogen) atoms. The average molecular weight is 137 g/mol. The molecule has 0 amide bonds. The minimum absolute atomic E-state index is 0.779. The smallest absolute Gasteiger partial charge is 0.0120 e. The van der Waals surface area contributed by atoms with Gasteiger partial charge in [0.05, 0.1) is 0 Å². The largest absolute Gasteiger partial charge is 0.330 e. The van der Waals surface area contributed by atoms with Crippen molar-refractivity contribution >= 4 is 0 Å². The molecule has 1 aliphatic carbocycles. The van der Waals surface area contributed by atoms with E-state index < -0.39 is 0 Å². The van der Waals surface area contributed by atoms with E-state index in [1.807, 2.05) is 6.92 Å². The number of hydrogen-bond acceptors (Lipinski definition) is 1. The third-order valence-corrected chi connectivity index (χ3v) is 2.42. The van der Waals surface area contributed by atoms with Crippen molar-refractivity contribution in [1.82, 2.24) is 0 Å². The molecular formula is C9H15N. The first-order valence-corrected chi connectivity index (χ1v) is 3.98. The highest BCUT2D eigenvalue weighted by Gasteiger charge is 2.28. The van der Waals surface area contributed by atoms with Crippen LogP contribution < -0.4 is 5.73 Å². The Hall–Kier alpha value is -0.480. The summed E-state index contributed by atoms with van der Waals surface area (Å²) in [6, 6.07) is 0. The van der Waals surface area contributed by atoms with Gasteiger partial charge in [0.25, 0.3) is 0 Å². The van der Waals surface area contributed by atoms with Crippen LogP contribution in [-0.4, -0.2) is 6.54 Å². The van der Waals surface area contributed by atoms with Crippen molar-refractivity contribution in [2.24, 2.45) is 17.6 Å². The van der Waals surface area contributed by atoms with E-state index in [1.165, 1.54) is 12.8 Å². The quantitative estimate of drug-likeness (QED) is 0.572. The molecule has 1 aliphatic rings. The first kappa shape index (κ1) is 7.63. The van der Waals surface area contributed by atoms with Gasteiger partial charge in [-0.15, -0.1) is 11.8 Å². The highest BCUT2D eigenvalue weighted by molar-refractivity contribution is 4.99. The predicted octanol–water partition coefficient (Wildman–Crippen LogP) is 1.38. The Bertz CT molecular complexity index is 150. The zero-order chi connectivity index (χ0) is 7.40. The van der Waals surface area contributed by atoms with Gasteiger partial charge in [0.15, 0.2) is 0 Å². The summed E-state index contributed by atoms with van der Waals surface area (Å²) in [5, 5.41) is 0. The molecule has 0 heterocycles. The Morgan fingerprint density at radius 1 is 1.40 bits per heavy atom. The molecule has 0 saturated heterocycles. The first-order valence-electron chi connectivity index (χ1n) is 3.98. The fraction of sp³-hybridized carbons (Fsp3) is 0.778. The van der Waals surface area contributed by atoms with Gasteiger partial charge in [-0.1, -0.05) is 0 Å². The summed E-state index contributed by atoms with van der Waals surface area (Å²) in [6.07, 6.45) is 3.74. The van der Waals surface area contributed by atoms with Crippen molar-refractivity contribution in [2.75, 3.05) is 6.54 Å². The molecule has 1 saturated carbocycles. The van der Waals surface area contributed by atoms with Crippen LogP contribution in [-0.2, 0) is 0 Å². The van der Waals surface area contributed by atoms with E-state index in [0.717, 1.165) is 24.8 Å². The Morgan fingerprint density at radius 3 is 2.50 bits per heavy atom. The zero-order valence-electron chi connectivity index (χ0n) is 6.56. The van der Waals surface area contributed by atoms with Gasteiger partial charge in [0.1, 0.15) is 0 Å². The zero-order valence-corrected chi connectivity index (χ0v) is 6.56. The third kappa shape index (κ3) is 1.52. The molecular weight excluding hydrogens is 122 g/mol. The van der Waals surface area contributed by atoms with Gasteiger partial charge < -0.3 is 5.73 Å². The highest BCUT2D eigenvalue weighted by atomic mass is 14.6. The molecule has 56 valence electrons. The minimum atomic E-state index is 0.779. The molecule has 1 nitrogen and oxygen atoms in total. The minimum Gasteiger partial charge on any atom is -0.330 e. The predicted molar refractivity (Wildman–Crippen MR) is 43.3 cm³/mol. The molecule has 0 aromatic carbocycles. The van der Waals surface area contributed by atoms with Gasteiger partial charge in [0, 0.05) is 6.42 Å². The van der Waals surface area contributed by atoms with E-state index >= 15 is 0 Å². The second-order valence-corrected chi connectivity index (χ2v) is 2.96. The van der Waals surface area contributed by atoms with Gasteiger partial charge in [-0.25, -0.2) is 0 Å². The molecule has 0 radical (unpaired) electrons. The van der Waals surface area contributed by atoms with Crippen LogP contribution in [0.5, 0.6) is 0 Å². The fourth-order valence-corrected chi connectivity index (χ4v) is 1.45. The molecule has 2 unspecified atom stereocenters. The van der Waals surface area contributed by atoms with Gasteiger partial charge >= 0.3 is 0 Å². The topological polar surface area (TPSA) is 26.0 Å². The summed E-state index contributed by atoms with van der Waals surface area (Å²) in [5.41, 5.74) is 5.55. The first-order chi connectivity index (χ1) is 4.88. The van der Waals surface area contributed by atoms with Crippen LogP contribution in [0.1, 0.15) is 26.2 Å². The van der Waals surface area contributed by atoms with Crippen molar-refractivity contribution in [1.29, 1.82) is 0 Å². The van der Waals surface area contributed by atoms with Crippen LogP contribution in [0, 0.1) is 23.7 Å². The Labute approximate surface area is 63.0 Å². The number of hydrogen-bond donors (Lipinski definition) is 1. The van der Waals surface area contributed by atoms with E-state index in [4.69, 9.17) is 5.73 Å². The molecule has 2 atom stereocenters. The van der Waals surface area contributed by atoms with E-state index in [9.17, 15) is 0 Å². The summed E-state index contributed by atoms with van der Waals surface area (Å²) in [5.74, 6) is 7.63. The van der Waals surface area contributed by atoms with E-state index in [1.54, 1.807) is 0 Å². The van der Waals surface area contributed by atoms with E-state index in [2.05, 4.69) is 11.8 Å². The maximum Gasteiger partial charge on any atom is 0.0120 e. The van der Waals surface area contributed by atoms with Crippen molar-refractivity contribution in [3.63, 3.8) is 0 Å². The van der Waals surface area contributed by atoms with Gasteiger partial charge in [0.2, 0.25) is 0 Å². The molecule has 0 bridgehead atoms.